The SMILES string of the molecule is CC(C)c1c(-c2cccc(CN3CCOCC3)c2)[nH]c2c(C#N)cnn2c1=O. The molecule has 1 fully saturated rings. The molecule has 1 N–H and O–H groups in total. The molecule has 0 saturated carbocycles. The molecule has 144 valence electrons. The van der Waals surface area contributed by atoms with Gasteiger partial charge in [0.05, 0.1) is 25.1 Å². The van der Waals surface area contributed by atoms with Gasteiger partial charge in [-0.05, 0) is 23.1 Å². The molecule has 3 heterocycles. The Morgan fingerprint density at radius 3 is 2.82 bits per heavy atom. The second-order valence-electron chi connectivity index (χ2n) is 7.39. The van der Waals surface area contributed by atoms with E-state index in [1.807, 2.05) is 26.0 Å². The number of ether oxygens (including phenoxy) is 1. The third kappa shape index (κ3) is 3.33. The number of fused-ring (bicyclic) bond motifs is 1. The highest BCUT2D eigenvalue weighted by Crippen LogP contribution is 2.27. The predicted molar refractivity (Wildman–Crippen MR) is 106 cm³/mol. The number of nitrogens with one attached hydrogen (secondary N) is 1. The Morgan fingerprint density at radius 2 is 2.11 bits per heavy atom. The van der Waals surface area contributed by atoms with Crippen molar-refractivity contribution in [3.05, 3.63) is 57.5 Å². The number of nitrogens with zero attached hydrogens (tertiary/aromatic N) is 4. The molecule has 0 spiro atoms. The first-order valence-corrected chi connectivity index (χ1v) is 9.52. The van der Waals surface area contributed by atoms with Crippen molar-refractivity contribution in [3.8, 4) is 17.3 Å². The molecule has 1 aromatic carbocycles. The van der Waals surface area contributed by atoms with Gasteiger partial charge in [0.15, 0.2) is 5.65 Å². The fourth-order valence-corrected chi connectivity index (χ4v) is 3.72. The van der Waals surface area contributed by atoms with Gasteiger partial charge in [-0.2, -0.15) is 14.9 Å². The zero-order valence-electron chi connectivity index (χ0n) is 16.1. The van der Waals surface area contributed by atoms with E-state index in [0.717, 1.165) is 44.1 Å². The molecule has 0 atom stereocenters. The van der Waals surface area contributed by atoms with E-state index in [0.29, 0.717) is 16.8 Å². The Kier molecular flexibility index (Phi) is 4.99. The van der Waals surface area contributed by atoms with Crippen molar-refractivity contribution < 1.29 is 4.74 Å². The zero-order valence-corrected chi connectivity index (χ0v) is 16.1. The van der Waals surface area contributed by atoms with Crippen LogP contribution in [0.15, 0.2) is 35.3 Å². The topological polar surface area (TPSA) is 86.4 Å². The molecular formula is C21H23N5O2. The molecule has 7 heteroatoms. The largest absolute Gasteiger partial charge is 0.379 e. The molecule has 28 heavy (non-hydrogen) atoms. The van der Waals surface area contributed by atoms with Gasteiger partial charge in [-0.25, -0.2) is 0 Å². The highest BCUT2D eigenvalue weighted by Gasteiger charge is 2.19. The quantitative estimate of drug-likeness (QED) is 0.755. The van der Waals surface area contributed by atoms with Crippen LogP contribution in [0.2, 0.25) is 0 Å². The maximum absolute atomic E-state index is 13.0. The number of H-pyrrole nitrogens is 1. The third-order valence-corrected chi connectivity index (χ3v) is 5.13. The number of hydrogen-bond acceptors (Lipinski definition) is 5. The highest BCUT2D eigenvalue weighted by molar-refractivity contribution is 5.68. The lowest BCUT2D eigenvalue weighted by molar-refractivity contribution is 0.0342. The van der Waals surface area contributed by atoms with Crippen LogP contribution < -0.4 is 5.56 Å². The lowest BCUT2D eigenvalue weighted by Gasteiger charge is -2.26. The fraction of sp³-hybridized carbons (Fsp3) is 0.381. The summed E-state index contributed by atoms with van der Waals surface area (Å²) < 4.78 is 6.71. The van der Waals surface area contributed by atoms with Crippen LogP contribution in [-0.2, 0) is 11.3 Å². The van der Waals surface area contributed by atoms with Gasteiger partial charge in [-0.1, -0.05) is 32.0 Å². The van der Waals surface area contributed by atoms with Crippen molar-refractivity contribution in [1.82, 2.24) is 19.5 Å². The number of morpholine rings is 1. The van der Waals surface area contributed by atoms with Crippen LogP contribution >= 0.6 is 0 Å². The van der Waals surface area contributed by atoms with E-state index >= 15 is 0 Å². The van der Waals surface area contributed by atoms with E-state index in [9.17, 15) is 10.1 Å². The van der Waals surface area contributed by atoms with E-state index in [2.05, 4.69) is 33.2 Å². The molecule has 7 nitrogen and oxygen atoms in total. The van der Waals surface area contributed by atoms with E-state index in [1.54, 1.807) is 0 Å². The molecule has 0 amide bonds. The summed E-state index contributed by atoms with van der Waals surface area (Å²) in [6.07, 6.45) is 1.43. The molecular weight excluding hydrogens is 354 g/mol. The average molecular weight is 377 g/mol. The standard InChI is InChI=1S/C21H23N5O2/c1-14(2)18-19(24-20-17(11-22)12-23-26(20)21(18)27)16-5-3-4-15(10-16)13-25-6-8-28-9-7-25/h3-5,10,12,14,24H,6-9,13H2,1-2H3. The van der Waals surface area contributed by atoms with Crippen molar-refractivity contribution in [1.29, 1.82) is 5.26 Å². The molecule has 1 aliphatic rings. The van der Waals surface area contributed by atoms with Gasteiger partial charge < -0.3 is 9.72 Å². The number of benzene rings is 1. The molecule has 0 aliphatic carbocycles. The van der Waals surface area contributed by atoms with E-state index in [1.165, 1.54) is 16.3 Å². The minimum atomic E-state index is -0.182. The third-order valence-electron chi connectivity index (χ3n) is 5.13. The molecule has 3 aromatic rings. The summed E-state index contributed by atoms with van der Waals surface area (Å²) in [6.45, 7) is 8.20. The van der Waals surface area contributed by atoms with Crippen molar-refractivity contribution in [3.63, 3.8) is 0 Å². The lowest BCUT2D eigenvalue weighted by atomic mass is 9.97. The molecule has 0 radical (unpaired) electrons. The normalized spacial score (nSPS) is 15.2. The van der Waals surface area contributed by atoms with Crippen LogP contribution in [0, 0.1) is 11.3 Å². The fourth-order valence-electron chi connectivity index (χ4n) is 3.72. The molecule has 2 aromatic heterocycles. The van der Waals surface area contributed by atoms with Crippen molar-refractivity contribution in [2.75, 3.05) is 26.3 Å². The highest BCUT2D eigenvalue weighted by atomic mass is 16.5. The van der Waals surface area contributed by atoms with Gasteiger partial charge in [0, 0.05) is 25.2 Å². The number of hydrogen-bond donors (Lipinski definition) is 1. The van der Waals surface area contributed by atoms with Crippen molar-refractivity contribution in [2.45, 2.75) is 26.3 Å². The van der Waals surface area contributed by atoms with Gasteiger partial charge >= 0.3 is 0 Å². The first-order valence-electron chi connectivity index (χ1n) is 9.52. The summed E-state index contributed by atoms with van der Waals surface area (Å²) in [6, 6.07) is 10.3. The minimum absolute atomic E-state index is 0.0146. The minimum Gasteiger partial charge on any atom is -0.379 e. The number of rotatable bonds is 4. The van der Waals surface area contributed by atoms with Crippen LogP contribution in [0.3, 0.4) is 0 Å². The summed E-state index contributed by atoms with van der Waals surface area (Å²) in [7, 11) is 0. The number of aromatic nitrogens is 3. The van der Waals surface area contributed by atoms with Crippen LogP contribution in [0.4, 0.5) is 0 Å². The van der Waals surface area contributed by atoms with Gasteiger partial charge in [0.25, 0.3) is 5.56 Å². The first-order chi connectivity index (χ1) is 13.6. The zero-order chi connectivity index (χ0) is 19.7. The summed E-state index contributed by atoms with van der Waals surface area (Å²) in [4.78, 5) is 18.7. The first kappa shape index (κ1) is 18.4. The van der Waals surface area contributed by atoms with Crippen LogP contribution in [0.5, 0.6) is 0 Å². The maximum atomic E-state index is 13.0. The number of nitriles is 1. The molecule has 0 unspecified atom stereocenters. The Bertz CT molecular complexity index is 1100. The van der Waals surface area contributed by atoms with Crippen molar-refractivity contribution >= 4 is 5.65 Å². The lowest BCUT2D eigenvalue weighted by Crippen LogP contribution is -2.35. The van der Waals surface area contributed by atoms with E-state index in [4.69, 9.17) is 4.74 Å². The van der Waals surface area contributed by atoms with Crippen molar-refractivity contribution in [2.24, 2.45) is 0 Å². The molecule has 4 rings (SSSR count). The summed E-state index contributed by atoms with van der Waals surface area (Å²) >= 11 is 0. The van der Waals surface area contributed by atoms with Crippen LogP contribution in [0.25, 0.3) is 16.9 Å². The Morgan fingerprint density at radius 1 is 1.32 bits per heavy atom. The number of aromatic amines is 1. The molecule has 0 bridgehead atoms. The Balaban J connectivity index is 1.81. The van der Waals surface area contributed by atoms with E-state index < -0.39 is 0 Å². The Labute approximate surface area is 163 Å². The maximum Gasteiger partial charge on any atom is 0.278 e. The molecule has 1 aliphatic heterocycles. The predicted octanol–water partition coefficient (Wildman–Crippen LogP) is 2.52. The van der Waals surface area contributed by atoms with Gasteiger partial charge in [-0.3, -0.25) is 9.69 Å². The summed E-state index contributed by atoms with van der Waals surface area (Å²) in [5.41, 5.74) is 4.17. The van der Waals surface area contributed by atoms with E-state index in [-0.39, 0.29) is 11.5 Å². The molecule has 1 saturated heterocycles. The summed E-state index contributed by atoms with van der Waals surface area (Å²) in [5.74, 6) is 0.0146. The average Bonchev–Trinajstić information content (AvgIpc) is 3.12. The second-order valence-corrected chi connectivity index (χ2v) is 7.39. The summed E-state index contributed by atoms with van der Waals surface area (Å²) in [5, 5.41) is 13.4. The second kappa shape index (κ2) is 7.58. The van der Waals surface area contributed by atoms with Gasteiger partial charge in [0.2, 0.25) is 0 Å². The smallest absolute Gasteiger partial charge is 0.278 e. The van der Waals surface area contributed by atoms with Gasteiger partial charge in [0.1, 0.15) is 11.6 Å². The van der Waals surface area contributed by atoms with Crippen LogP contribution in [-0.4, -0.2) is 45.8 Å². The monoisotopic (exact) mass is 377 g/mol. The van der Waals surface area contributed by atoms with Gasteiger partial charge in [-0.15, -0.1) is 0 Å². The van der Waals surface area contributed by atoms with Crippen LogP contribution in [0.1, 0.15) is 36.5 Å². The Hall–Kier alpha value is -2.95.